The summed E-state index contributed by atoms with van der Waals surface area (Å²) in [7, 11) is 4.00. The van der Waals surface area contributed by atoms with Crippen LogP contribution in [0, 0.1) is 0 Å². The number of hydrogen-bond acceptors (Lipinski definition) is 5. The summed E-state index contributed by atoms with van der Waals surface area (Å²) in [6.07, 6.45) is 2.27. The summed E-state index contributed by atoms with van der Waals surface area (Å²) in [6, 6.07) is 0.301. The van der Waals surface area contributed by atoms with Crippen LogP contribution in [0.3, 0.4) is 0 Å². The lowest BCUT2D eigenvalue weighted by molar-refractivity contribution is -0.146. The molecule has 5 heteroatoms. The molecule has 0 aromatic carbocycles. The predicted molar refractivity (Wildman–Crippen MR) is 77.2 cm³/mol. The average Bonchev–Trinajstić information content (AvgIpc) is 2.57. The highest BCUT2D eigenvalue weighted by Gasteiger charge is 2.27. The maximum absolute atomic E-state index is 11.9. The summed E-state index contributed by atoms with van der Waals surface area (Å²) < 4.78 is 5.12. The first-order valence-corrected chi connectivity index (χ1v) is 7.38. The molecule has 0 radical (unpaired) electrons. The molecule has 1 N–H and O–H groups in total. The van der Waals surface area contributed by atoms with E-state index in [0.717, 1.165) is 39.0 Å². The standard InChI is InChI=1S/C14H29N3O2/c1-5-12-10-16(4)8-7-9-17(12)11-13(15-3)14(18)19-6-2/h12-13,15H,5-11H2,1-4H3. The minimum Gasteiger partial charge on any atom is -0.465 e. The number of esters is 1. The molecular formula is C14H29N3O2. The zero-order chi connectivity index (χ0) is 14.3. The van der Waals surface area contributed by atoms with E-state index >= 15 is 0 Å². The van der Waals surface area contributed by atoms with E-state index < -0.39 is 0 Å². The molecule has 19 heavy (non-hydrogen) atoms. The van der Waals surface area contributed by atoms with Crippen LogP contribution in [0.2, 0.25) is 0 Å². The molecule has 0 aromatic heterocycles. The minimum absolute atomic E-state index is 0.141. The van der Waals surface area contributed by atoms with E-state index in [9.17, 15) is 4.79 Å². The van der Waals surface area contributed by atoms with Gasteiger partial charge in [-0.25, -0.2) is 0 Å². The number of carbonyl (C=O) groups excluding carboxylic acids is 1. The fourth-order valence-corrected chi connectivity index (χ4v) is 2.68. The van der Waals surface area contributed by atoms with Crippen LogP contribution in [0.15, 0.2) is 0 Å². The average molecular weight is 271 g/mol. The van der Waals surface area contributed by atoms with Crippen molar-refractivity contribution in [2.24, 2.45) is 0 Å². The number of carbonyl (C=O) groups is 1. The second-order valence-corrected chi connectivity index (χ2v) is 5.27. The Morgan fingerprint density at radius 1 is 1.42 bits per heavy atom. The van der Waals surface area contributed by atoms with Crippen molar-refractivity contribution < 1.29 is 9.53 Å². The molecule has 1 aliphatic heterocycles. The highest BCUT2D eigenvalue weighted by molar-refractivity contribution is 5.76. The molecule has 112 valence electrons. The largest absolute Gasteiger partial charge is 0.465 e. The first-order chi connectivity index (χ1) is 9.12. The summed E-state index contributed by atoms with van der Waals surface area (Å²) >= 11 is 0. The molecule has 0 bridgehead atoms. The molecule has 0 spiro atoms. The van der Waals surface area contributed by atoms with Crippen LogP contribution in [0.4, 0.5) is 0 Å². The normalized spacial score (nSPS) is 23.9. The number of hydrogen-bond donors (Lipinski definition) is 1. The lowest BCUT2D eigenvalue weighted by atomic mass is 10.1. The van der Waals surface area contributed by atoms with Crippen molar-refractivity contribution in [1.29, 1.82) is 0 Å². The SMILES string of the molecule is CCOC(=O)C(CN1CCCN(C)CC1CC)NC. The number of nitrogens with one attached hydrogen (secondary N) is 1. The van der Waals surface area contributed by atoms with Gasteiger partial charge in [-0.05, 0) is 47.0 Å². The van der Waals surface area contributed by atoms with Gasteiger partial charge >= 0.3 is 5.97 Å². The second-order valence-electron chi connectivity index (χ2n) is 5.27. The molecule has 2 unspecified atom stereocenters. The molecule has 1 aliphatic rings. The molecular weight excluding hydrogens is 242 g/mol. The summed E-state index contributed by atoms with van der Waals surface area (Å²) in [6.45, 7) is 8.52. The van der Waals surface area contributed by atoms with Crippen molar-refractivity contribution in [3.63, 3.8) is 0 Å². The Kier molecular flexibility index (Phi) is 7.34. The predicted octanol–water partition coefficient (Wildman–Crippen LogP) is 0.554. The molecule has 1 fully saturated rings. The van der Waals surface area contributed by atoms with Crippen molar-refractivity contribution >= 4 is 5.97 Å². The van der Waals surface area contributed by atoms with Crippen molar-refractivity contribution in [2.75, 3.05) is 46.9 Å². The van der Waals surface area contributed by atoms with Gasteiger partial charge in [-0.1, -0.05) is 6.92 Å². The smallest absolute Gasteiger partial charge is 0.324 e. The Morgan fingerprint density at radius 2 is 2.16 bits per heavy atom. The molecule has 1 saturated heterocycles. The number of likely N-dealkylation sites (N-methyl/N-ethyl adjacent to an activating group) is 2. The topological polar surface area (TPSA) is 44.8 Å². The minimum atomic E-state index is -0.225. The summed E-state index contributed by atoms with van der Waals surface area (Å²) in [5, 5.41) is 3.08. The van der Waals surface area contributed by atoms with Gasteiger partial charge in [-0.2, -0.15) is 0 Å². The molecule has 5 nitrogen and oxygen atoms in total. The monoisotopic (exact) mass is 271 g/mol. The van der Waals surface area contributed by atoms with Gasteiger partial charge in [-0.3, -0.25) is 9.69 Å². The maximum Gasteiger partial charge on any atom is 0.324 e. The highest BCUT2D eigenvalue weighted by atomic mass is 16.5. The van der Waals surface area contributed by atoms with Crippen LogP contribution in [0.25, 0.3) is 0 Å². The van der Waals surface area contributed by atoms with E-state index in [1.165, 1.54) is 0 Å². The zero-order valence-corrected chi connectivity index (χ0v) is 12.8. The third kappa shape index (κ3) is 5.09. The van der Waals surface area contributed by atoms with Crippen LogP contribution >= 0.6 is 0 Å². The quantitative estimate of drug-likeness (QED) is 0.715. The number of rotatable bonds is 6. The van der Waals surface area contributed by atoms with E-state index in [2.05, 4.69) is 29.1 Å². The van der Waals surface area contributed by atoms with E-state index in [4.69, 9.17) is 4.74 Å². The molecule has 2 atom stereocenters. The molecule has 0 amide bonds. The summed E-state index contributed by atoms with van der Waals surface area (Å²) in [5.74, 6) is -0.141. The van der Waals surface area contributed by atoms with Crippen molar-refractivity contribution in [3.8, 4) is 0 Å². The van der Waals surface area contributed by atoms with Gasteiger partial charge in [0.05, 0.1) is 6.61 Å². The fourth-order valence-electron chi connectivity index (χ4n) is 2.68. The van der Waals surface area contributed by atoms with Gasteiger partial charge in [0.25, 0.3) is 0 Å². The second kappa shape index (κ2) is 8.51. The Morgan fingerprint density at radius 3 is 2.74 bits per heavy atom. The van der Waals surface area contributed by atoms with Gasteiger partial charge in [0.2, 0.25) is 0 Å². The van der Waals surface area contributed by atoms with Crippen LogP contribution < -0.4 is 5.32 Å². The highest BCUT2D eigenvalue weighted by Crippen LogP contribution is 2.12. The summed E-state index contributed by atoms with van der Waals surface area (Å²) in [5.41, 5.74) is 0. The van der Waals surface area contributed by atoms with Crippen LogP contribution in [-0.2, 0) is 9.53 Å². The van der Waals surface area contributed by atoms with Gasteiger partial charge in [0.15, 0.2) is 0 Å². The molecule has 1 rings (SSSR count). The van der Waals surface area contributed by atoms with E-state index in [1.54, 1.807) is 0 Å². The fraction of sp³-hybridized carbons (Fsp3) is 0.929. The Hall–Kier alpha value is -0.650. The first-order valence-electron chi connectivity index (χ1n) is 7.38. The van der Waals surface area contributed by atoms with Crippen molar-refractivity contribution in [2.45, 2.75) is 38.8 Å². The maximum atomic E-state index is 11.9. The molecule has 0 saturated carbocycles. The third-order valence-corrected chi connectivity index (χ3v) is 3.83. The van der Waals surface area contributed by atoms with Crippen LogP contribution in [-0.4, -0.2) is 74.7 Å². The molecule has 0 aliphatic carbocycles. The van der Waals surface area contributed by atoms with Gasteiger partial charge in [0.1, 0.15) is 6.04 Å². The van der Waals surface area contributed by atoms with Gasteiger partial charge in [0, 0.05) is 19.1 Å². The number of nitrogens with zero attached hydrogens (tertiary/aromatic N) is 2. The van der Waals surface area contributed by atoms with Crippen LogP contribution in [0.1, 0.15) is 26.7 Å². The van der Waals surface area contributed by atoms with E-state index in [0.29, 0.717) is 12.6 Å². The van der Waals surface area contributed by atoms with Gasteiger partial charge in [-0.15, -0.1) is 0 Å². The third-order valence-electron chi connectivity index (χ3n) is 3.83. The van der Waals surface area contributed by atoms with Crippen molar-refractivity contribution in [1.82, 2.24) is 15.1 Å². The molecule has 0 aromatic rings. The first kappa shape index (κ1) is 16.4. The van der Waals surface area contributed by atoms with Gasteiger partial charge < -0.3 is 15.0 Å². The van der Waals surface area contributed by atoms with Crippen molar-refractivity contribution in [3.05, 3.63) is 0 Å². The van der Waals surface area contributed by atoms with E-state index in [-0.39, 0.29) is 12.0 Å². The Balaban J connectivity index is 2.62. The number of ether oxygens (including phenoxy) is 1. The molecule has 1 heterocycles. The Bertz CT molecular complexity index is 273. The van der Waals surface area contributed by atoms with E-state index in [1.807, 2.05) is 14.0 Å². The zero-order valence-electron chi connectivity index (χ0n) is 12.8. The van der Waals surface area contributed by atoms with Crippen LogP contribution in [0.5, 0.6) is 0 Å². The lowest BCUT2D eigenvalue weighted by Gasteiger charge is -2.32. The lowest BCUT2D eigenvalue weighted by Crippen LogP contribution is -2.50. The Labute approximate surface area is 117 Å². The summed E-state index contributed by atoms with van der Waals surface area (Å²) in [4.78, 5) is 16.7.